The third kappa shape index (κ3) is 9.64. The summed E-state index contributed by atoms with van der Waals surface area (Å²) in [7, 11) is 0. The Hall–Kier alpha value is -2.25. The van der Waals surface area contributed by atoms with Gasteiger partial charge in [0.05, 0.1) is 12.5 Å². The molecule has 0 saturated carbocycles. The van der Waals surface area contributed by atoms with Crippen molar-refractivity contribution in [2.45, 2.75) is 45.9 Å². The van der Waals surface area contributed by atoms with Crippen molar-refractivity contribution in [3.63, 3.8) is 0 Å². The highest BCUT2D eigenvalue weighted by atomic mass is 32.2. The number of hydrogen-bond acceptors (Lipinski definition) is 6. The molecule has 0 aromatic heterocycles. The van der Waals surface area contributed by atoms with Gasteiger partial charge >= 0.3 is 5.97 Å². The molecule has 1 N–H and O–H groups in total. The lowest BCUT2D eigenvalue weighted by atomic mass is 10.00. The van der Waals surface area contributed by atoms with Crippen molar-refractivity contribution in [1.82, 2.24) is 5.32 Å². The minimum atomic E-state index is -0.741. The Morgan fingerprint density at radius 2 is 1.70 bits per heavy atom. The van der Waals surface area contributed by atoms with Gasteiger partial charge in [0.15, 0.2) is 5.12 Å². The maximum absolute atomic E-state index is 13.1. The van der Waals surface area contributed by atoms with Gasteiger partial charge in [0.25, 0.3) is 0 Å². The van der Waals surface area contributed by atoms with Crippen LogP contribution < -0.4 is 5.32 Å². The van der Waals surface area contributed by atoms with E-state index in [0.717, 1.165) is 23.1 Å². The van der Waals surface area contributed by atoms with Gasteiger partial charge in [-0.1, -0.05) is 60.3 Å². The van der Waals surface area contributed by atoms with Crippen LogP contribution in [-0.2, 0) is 31.3 Å². The number of hydrogen-bond donors (Lipinski definition) is 1. The molecule has 1 amide bonds. The largest absolute Gasteiger partial charge is 0.464 e. The molecule has 0 spiro atoms. The summed E-state index contributed by atoms with van der Waals surface area (Å²) in [5.41, 5.74) is 4.67. The summed E-state index contributed by atoms with van der Waals surface area (Å²) >= 11 is 2.71. The van der Waals surface area contributed by atoms with Crippen LogP contribution in [0, 0.1) is 19.8 Å². The Labute approximate surface area is 205 Å². The van der Waals surface area contributed by atoms with Crippen LogP contribution in [-0.4, -0.2) is 41.1 Å². The van der Waals surface area contributed by atoms with E-state index in [1.54, 1.807) is 18.7 Å². The zero-order valence-corrected chi connectivity index (χ0v) is 21.4. The average Bonchev–Trinajstić information content (AvgIpc) is 2.78. The Balaban J connectivity index is 2.05. The summed E-state index contributed by atoms with van der Waals surface area (Å²) < 4.78 is 5.21. The second kappa shape index (κ2) is 14.1. The van der Waals surface area contributed by atoms with E-state index in [4.69, 9.17) is 4.74 Å². The summed E-state index contributed by atoms with van der Waals surface area (Å²) in [5.74, 6) is 0.411. The standard InChI is InChI=1S/C26H33NO4S2/c1-5-31-26(30)24(17-32-15-22-12-11-18(2)19(3)13-22)27-25(29)23(16-33-20(4)28)14-21-9-7-6-8-10-21/h6-13,23-24H,5,14-17H2,1-4H3,(H,27,29)/t23-,24-/m0/s1. The van der Waals surface area contributed by atoms with E-state index in [9.17, 15) is 14.4 Å². The number of carbonyl (C=O) groups is 3. The molecule has 2 aromatic carbocycles. The van der Waals surface area contributed by atoms with Gasteiger partial charge in [-0.05, 0) is 49.4 Å². The molecular formula is C26H33NO4S2. The zero-order valence-electron chi connectivity index (χ0n) is 19.8. The van der Waals surface area contributed by atoms with E-state index in [1.165, 1.54) is 23.6 Å². The number of nitrogens with one attached hydrogen (secondary N) is 1. The number of amides is 1. The number of esters is 1. The molecule has 0 saturated heterocycles. The molecule has 0 unspecified atom stereocenters. The lowest BCUT2D eigenvalue weighted by Gasteiger charge is -2.21. The van der Waals surface area contributed by atoms with Crippen molar-refractivity contribution in [3.8, 4) is 0 Å². The minimum absolute atomic E-state index is 0.0354. The predicted octanol–water partition coefficient (Wildman–Crippen LogP) is 4.72. The van der Waals surface area contributed by atoms with Crippen molar-refractivity contribution in [2.75, 3.05) is 18.1 Å². The smallest absolute Gasteiger partial charge is 0.329 e. The van der Waals surface area contributed by atoms with Crippen molar-refractivity contribution in [2.24, 2.45) is 5.92 Å². The van der Waals surface area contributed by atoms with Gasteiger partial charge in [-0.2, -0.15) is 11.8 Å². The highest BCUT2D eigenvalue weighted by Gasteiger charge is 2.27. The van der Waals surface area contributed by atoms with Crippen molar-refractivity contribution in [1.29, 1.82) is 0 Å². The average molecular weight is 488 g/mol. The fourth-order valence-electron chi connectivity index (χ4n) is 3.23. The van der Waals surface area contributed by atoms with E-state index in [-0.39, 0.29) is 17.6 Å². The minimum Gasteiger partial charge on any atom is -0.464 e. The summed E-state index contributed by atoms with van der Waals surface area (Å²) in [4.78, 5) is 37.2. The fourth-order valence-corrected chi connectivity index (χ4v) is 4.93. The Morgan fingerprint density at radius 3 is 2.33 bits per heavy atom. The first-order valence-corrected chi connectivity index (χ1v) is 13.2. The van der Waals surface area contributed by atoms with Gasteiger partial charge in [-0.25, -0.2) is 4.79 Å². The number of aryl methyl sites for hydroxylation is 2. The van der Waals surface area contributed by atoms with Crippen LogP contribution in [0.4, 0.5) is 0 Å². The first-order valence-electron chi connectivity index (χ1n) is 11.1. The molecule has 178 valence electrons. The van der Waals surface area contributed by atoms with Crippen molar-refractivity contribution >= 4 is 40.5 Å². The molecule has 0 fully saturated rings. The molecule has 0 aliphatic carbocycles. The van der Waals surface area contributed by atoms with Crippen LogP contribution in [0.5, 0.6) is 0 Å². The molecular weight excluding hydrogens is 454 g/mol. The van der Waals surface area contributed by atoms with E-state index in [2.05, 4.69) is 37.4 Å². The Bertz CT molecular complexity index is 933. The van der Waals surface area contributed by atoms with Gasteiger partial charge in [0.1, 0.15) is 6.04 Å². The van der Waals surface area contributed by atoms with E-state index in [1.807, 2.05) is 30.3 Å². The summed E-state index contributed by atoms with van der Waals surface area (Å²) in [5, 5.41) is 2.86. The number of rotatable bonds is 12. The van der Waals surface area contributed by atoms with Gasteiger partial charge < -0.3 is 10.1 Å². The monoisotopic (exact) mass is 487 g/mol. The molecule has 7 heteroatoms. The fraction of sp³-hybridized carbons (Fsp3) is 0.423. The quantitative estimate of drug-likeness (QED) is 0.437. The van der Waals surface area contributed by atoms with Crippen molar-refractivity contribution < 1.29 is 19.1 Å². The first kappa shape index (κ1) is 27.0. The van der Waals surface area contributed by atoms with E-state index >= 15 is 0 Å². The lowest BCUT2D eigenvalue weighted by Crippen LogP contribution is -2.47. The summed E-state index contributed by atoms with van der Waals surface area (Å²) in [6.45, 7) is 7.65. The van der Waals surface area contributed by atoms with Gasteiger partial charge in [-0.15, -0.1) is 0 Å². The predicted molar refractivity (Wildman–Crippen MR) is 137 cm³/mol. The Kier molecular flexibility index (Phi) is 11.5. The summed E-state index contributed by atoms with van der Waals surface area (Å²) in [6, 6.07) is 15.3. The van der Waals surface area contributed by atoms with E-state index in [0.29, 0.717) is 17.9 Å². The van der Waals surface area contributed by atoms with Gasteiger partial charge in [0, 0.05) is 24.2 Å². The molecule has 0 aliphatic heterocycles. The number of benzene rings is 2. The number of carbonyl (C=O) groups excluding carboxylic acids is 3. The van der Waals surface area contributed by atoms with Crippen LogP contribution in [0.15, 0.2) is 48.5 Å². The number of thioether (sulfide) groups is 2. The molecule has 2 rings (SSSR count). The van der Waals surface area contributed by atoms with Crippen molar-refractivity contribution in [3.05, 3.63) is 70.8 Å². The zero-order chi connectivity index (χ0) is 24.2. The summed E-state index contributed by atoms with van der Waals surface area (Å²) in [6.07, 6.45) is 0.498. The molecule has 2 aromatic rings. The molecule has 5 nitrogen and oxygen atoms in total. The molecule has 0 aliphatic rings. The topological polar surface area (TPSA) is 72.5 Å². The second-order valence-corrected chi connectivity index (χ2v) is 10.2. The van der Waals surface area contributed by atoms with Crippen LogP contribution in [0.1, 0.15) is 36.1 Å². The lowest BCUT2D eigenvalue weighted by molar-refractivity contribution is -0.147. The van der Waals surface area contributed by atoms with Crippen LogP contribution in [0.3, 0.4) is 0 Å². The highest BCUT2D eigenvalue weighted by molar-refractivity contribution is 8.13. The molecule has 0 radical (unpaired) electrons. The third-order valence-electron chi connectivity index (χ3n) is 5.20. The highest BCUT2D eigenvalue weighted by Crippen LogP contribution is 2.19. The van der Waals surface area contributed by atoms with Gasteiger partial charge in [0.2, 0.25) is 5.91 Å². The first-order chi connectivity index (χ1) is 15.8. The maximum atomic E-state index is 13.1. The van der Waals surface area contributed by atoms with E-state index < -0.39 is 17.9 Å². The maximum Gasteiger partial charge on any atom is 0.329 e. The third-order valence-corrected chi connectivity index (χ3v) is 7.28. The SMILES string of the molecule is CCOC(=O)[C@H](CSCc1ccc(C)c(C)c1)NC(=O)[C@H](CSC(C)=O)Cc1ccccc1. The normalized spacial score (nSPS) is 12.6. The Morgan fingerprint density at radius 1 is 0.970 bits per heavy atom. The van der Waals surface area contributed by atoms with Gasteiger partial charge in [-0.3, -0.25) is 9.59 Å². The van der Waals surface area contributed by atoms with Crippen LogP contribution >= 0.6 is 23.5 Å². The van der Waals surface area contributed by atoms with Crippen LogP contribution in [0.2, 0.25) is 0 Å². The van der Waals surface area contributed by atoms with Crippen LogP contribution in [0.25, 0.3) is 0 Å². The molecule has 33 heavy (non-hydrogen) atoms. The number of ether oxygens (including phenoxy) is 1. The molecule has 0 heterocycles. The second-order valence-electron chi connectivity index (χ2n) is 7.94. The molecule has 2 atom stereocenters. The molecule has 0 bridgehead atoms.